The number of likely N-dealkylation sites (tertiary alicyclic amines) is 1. The molecule has 0 spiro atoms. The summed E-state index contributed by atoms with van der Waals surface area (Å²) in [5, 5.41) is 3.18. The van der Waals surface area contributed by atoms with Gasteiger partial charge < -0.3 is 15.1 Å². The van der Waals surface area contributed by atoms with Crippen molar-refractivity contribution < 1.29 is 9.59 Å². The van der Waals surface area contributed by atoms with Crippen molar-refractivity contribution in [1.29, 1.82) is 0 Å². The zero-order valence-electron chi connectivity index (χ0n) is 14.4. The zero-order chi connectivity index (χ0) is 16.9. The first-order valence-corrected chi connectivity index (χ1v) is 9.06. The molecule has 24 heavy (non-hydrogen) atoms. The van der Waals surface area contributed by atoms with Crippen LogP contribution in [0, 0.1) is 5.92 Å². The second-order valence-corrected chi connectivity index (χ2v) is 6.78. The predicted molar refractivity (Wildman–Crippen MR) is 93.7 cm³/mol. The minimum Gasteiger partial charge on any atom is -0.339 e. The first-order valence-electron chi connectivity index (χ1n) is 9.06. The van der Waals surface area contributed by atoms with E-state index in [0.717, 1.165) is 57.5 Å². The van der Waals surface area contributed by atoms with Crippen LogP contribution in [0.5, 0.6) is 0 Å². The topological polar surface area (TPSA) is 52.7 Å². The van der Waals surface area contributed by atoms with Crippen LogP contribution in [0.25, 0.3) is 0 Å². The highest BCUT2D eigenvalue weighted by Crippen LogP contribution is 2.21. The summed E-state index contributed by atoms with van der Waals surface area (Å²) in [5.41, 5.74) is 0.748. The molecule has 5 heteroatoms. The Balaban J connectivity index is 1.58. The molecule has 3 rings (SSSR count). The number of nitrogens with one attached hydrogen (secondary N) is 1. The first kappa shape index (κ1) is 17.0. The van der Waals surface area contributed by atoms with E-state index in [4.69, 9.17) is 0 Å². The molecule has 1 N–H and O–H groups in total. The Bertz CT molecular complexity index is 563. The lowest BCUT2D eigenvalue weighted by atomic mass is 9.96. The third-order valence-corrected chi connectivity index (χ3v) is 5.09. The maximum atomic E-state index is 12.7. The molecule has 0 aromatic heterocycles. The first-order chi connectivity index (χ1) is 11.7. The summed E-state index contributed by atoms with van der Waals surface area (Å²) in [4.78, 5) is 29.2. The Morgan fingerprint density at radius 2 is 1.83 bits per heavy atom. The molecule has 2 heterocycles. The van der Waals surface area contributed by atoms with Crippen LogP contribution in [0.3, 0.4) is 0 Å². The normalized spacial score (nSPS) is 19.0. The second-order valence-electron chi connectivity index (χ2n) is 6.78. The Labute approximate surface area is 144 Å². The standard InChI is InChI=1S/C19H27N3O2/c1-2-10-22(19(24)16-13-20-14-16)17-8-11-21(12-9-17)18(23)15-6-4-3-5-7-15/h3-7,16-17,20H,2,8-14H2,1H3. The lowest BCUT2D eigenvalue weighted by molar-refractivity contribution is -0.140. The van der Waals surface area contributed by atoms with Crippen molar-refractivity contribution >= 4 is 11.8 Å². The number of piperidine rings is 1. The highest BCUT2D eigenvalue weighted by atomic mass is 16.2. The van der Waals surface area contributed by atoms with Gasteiger partial charge in [-0.1, -0.05) is 25.1 Å². The molecule has 0 saturated carbocycles. The average Bonchev–Trinajstić information content (AvgIpc) is 2.58. The molecular weight excluding hydrogens is 302 g/mol. The maximum Gasteiger partial charge on any atom is 0.253 e. The van der Waals surface area contributed by atoms with Crippen LogP contribution < -0.4 is 5.32 Å². The van der Waals surface area contributed by atoms with E-state index in [0.29, 0.717) is 5.91 Å². The molecule has 2 aliphatic heterocycles. The molecule has 0 bridgehead atoms. The minimum absolute atomic E-state index is 0.102. The fraction of sp³-hybridized carbons (Fsp3) is 0.579. The van der Waals surface area contributed by atoms with Crippen LogP contribution in [0.15, 0.2) is 30.3 Å². The Morgan fingerprint density at radius 1 is 1.17 bits per heavy atom. The van der Waals surface area contributed by atoms with E-state index < -0.39 is 0 Å². The number of carbonyl (C=O) groups is 2. The quantitative estimate of drug-likeness (QED) is 0.895. The van der Waals surface area contributed by atoms with Crippen LogP contribution in [0.4, 0.5) is 0 Å². The number of hydrogen-bond donors (Lipinski definition) is 1. The number of carbonyl (C=O) groups excluding carboxylic acids is 2. The van der Waals surface area contributed by atoms with Crippen molar-refractivity contribution in [2.45, 2.75) is 32.2 Å². The summed E-state index contributed by atoms with van der Waals surface area (Å²) >= 11 is 0. The van der Waals surface area contributed by atoms with Gasteiger partial charge in [-0.3, -0.25) is 9.59 Å². The van der Waals surface area contributed by atoms with Crippen LogP contribution in [-0.2, 0) is 4.79 Å². The smallest absolute Gasteiger partial charge is 0.253 e. The van der Waals surface area contributed by atoms with Crippen molar-refractivity contribution in [3.05, 3.63) is 35.9 Å². The molecule has 2 aliphatic rings. The van der Waals surface area contributed by atoms with E-state index in [1.165, 1.54) is 0 Å². The van der Waals surface area contributed by atoms with Gasteiger partial charge >= 0.3 is 0 Å². The lowest BCUT2D eigenvalue weighted by Gasteiger charge is -2.41. The fourth-order valence-corrected chi connectivity index (χ4v) is 3.56. The number of rotatable bonds is 5. The molecule has 1 aromatic rings. The van der Waals surface area contributed by atoms with Crippen LogP contribution in [-0.4, -0.2) is 60.4 Å². The van der Waals surface area contributed by atoms with Crippen LogP contribution >= 0.6 is 0 Å². The third-order valence-electron chi connectivity index (χ3n) is 5.09. The molecule has 2 saturated heterocycles. The average molecular weight is 329 g/mol. The van der Waals surface area contributed by atoms with E-state index in [1.54, 1.807) is 0 Å². The van der Waals surface area contributed by atoms with Gasteiger partial charge in [0.25, 0.3) is 5.91 Å². The van der Waals surface area contributed by atoms with Gasteiger partial charge in [-0.25, -0.2) is 0 Å². The largest absolute Gasteiger partial charge is 0.339 e. The summed E-state index contributed by atoms with van der Waals surface area (Å²) in [6.45, 7) is 6.03. The highest BCUT2D eigenvalue weighted by Gasteiger charge is 2.34. The van der Waals surface area contributed by atoms with E-state index in [-0.39, 0.29) is 17.9 Å². The Morgan fingerprint density at radius 3 is 2.38 bits per heavy atom. The zero-order valence-corrected chi connectivity index (χ0v) is 14.4. The van der Waals surface area contributed by atoms with Crippen molar-refractivity contribution in [2.24, 2.45) is 5.92 Å². The molecule has 130 valence electrons. The molecule has 0 aliphatic carbocycles. The van der Waals surface area contributed by atoms with Crippen molar-refractivity contribution in [3.8, 4) is 0 Å². The SMILES string of the molecule is CCCN(C(=O)C1CNC1)C1CCN(C(=O)c2ccccc2)CC1. The molecule has 5 nitrogen and oxygen atoms in total. The van der Waals surface area contributed by atoms with E-state index in [2.05, 4.69) is 17.1 Å². The summed E-state index contributed by atoms with van der Waals surface area (Å²) in [6, 6.07) is 9.73. The molecule has 0 unspecified atom stereocenters. The Hall–Kier alpha value is -1.88. The number of nitrogens with zero attached hydrogens (tertiary/aromatic N) is 2. The van der Waals surface area contributed by atoms with Gasteiger partial charge in [0.15, 0.2) is 0 Å². The number of hydrogen-bond acceptors (Lipinski definition) is 3. The van der Waals surface area contributed by atoms with Crippen molar-refractivity contribution in [3.63, 3.8) is 0 Å². The highest BCUT2D eigenvalue weighted by molar-refractivity contribution is 5.94. The van der Waals surface area contributed by atoms with Gasteiger partial charge in [0, 0.05) is 44.3 Å². The fourth-order valence-electron chi connectivity index (χ4n) is 3.56. The summed E-state index contributed by atoms with van der Waals surface area (Å²) in [5.74, 6) is 0.551. The monoisotopic (exact) mass is 329 g/mol. The number of amides is 2. The molecule has 1 aromatic carbocycles. The minimum atomic E-state index is 0.102. The van der Waals surface area contributed by atoms with Crippen LogP contribution in [0.2, 0.25) is 0 Å². The van der Waals surface area contributed by atoms with Crippen molar-refractivity contribution in [1.82, 2.24) is 15.1 Å². The van der Waals surface area contributed by atoms with Gasteiger partial charge in [0.05, 0.1) is 5.92 Å². The van der Waals surface area contributed by atoms with Gasteiger partial charge in [0.2, 0.25) is 5.91 Å². The molecular formula is C19H27N3O2. The maximum absolute atomic E-state index is 12.7. The van der Waals surface area contributed by atoms with E-state index in [1.807, 2.05) is 35.2 Å². The Kier molecular flexibility index (Phi) is 5.51. The lowest BCUT2D eigenvalue weighted by Crippen LogP contribution is -2.56. The number of benzene rings is 1. The second kappa shape index (κ2) is 7.79. The van der Waals surface area contributed by atoms with E-state index in [9.17, 15) is 9.59 Å². The summed E-state index contributed by atoms with van der Waals surface area (Å²) in [7, 11) is 0. The predicted octanol–water partition coefficient (Wildman–Crippen LogP) is 1.75. The third kappa shape index (κ3) is 3.61. The van der Waals surface area contributed by atoms with Gasteiger partial charge in [-0.15, -0.1) is 0 Å². The molecule has 0 radical (unpaired) electrons. The molecule has 2 amide bonds. The molecule has 0 atom stereocenters. The van der Waals surface area contributed by atoms with Crippen LogP contribution in [0.1, 0.15) is 36.5 Å². The van der Waals surface area contributed by atoms with Gasteiger partial charge in [-0.2, -0.15) is 0 Å². The summed E-state index contributed by atoms with van der Waals surface area (Å²) < 4.78 is 0. The van der Waals surface area contributed by atoms with Gasteiger partial charge in [0.1, 0.15) is 0 Å². The van der Waals surface area contributed by atoms with E-state index >= 15 is 0 Å². The summed E-state index contributed by atoms with van der Waals surface area (Å²) in [6.07, 6.45) is 2.74. The van der Waals surface area contributed by atoms with Gasteiger partial charge in [-0.05, 0) is 31.4 Å². The van der Waals surface area contributed by atoms with Crippen molar-refractivity contribution in [2.75, 3.05) is 32.7 Å². The molecule has 2 fully saturated rings.